The molecule has 0 radical (unpaired) electrons. The number of nitrogens with one attached hydrogen (secondary N) is 1. The Balaban J connectivity index is 0. The van der Waals surface area contributed by atoms with Crippen molar-refractivity contribution in [3.63, 3.8) is 0 Å². The lowest BCUT2D eigenvalue weighted by molar-refractivity contribution is -0.116. The van der Waals surface area contributed by atoms with Crippen molar-refractivity contribution < 1.29 is 4.79 Å². The van der Waals surface area contributed by atoms with E-state index in [9.17, 15) is 4.79 Å². The van der Waals surface area contributed by atoms with Gasteiger partial charge in [0.1, 0.15) is 0 Å². The predicted molar refractivity (Wildman–Crippen MR) is 58.2 cm³/mol. The minimum atomic E-state index is -0.0952. The van der Waals surface area contributed by atoms with Crippen LogP contribution in [0.1, 0.15) is 13.8 Å². The van der Waals surface area contributed by atoms with Gasteiger partial charge in [0, 0.05) is 13.1 Å². The topological polar surface area (TPSA) is 32.3 Å². The van der Waals surface area contributed by atoms with E-state index in [-0.39, 0.29) is 18.3 Å². The summed E-state index contributed by atoms with van der Waals surface area (Å²) in [5, 5.41) is 2.73. The zero-order valence-corrected chi connectivity index (χ0v) is 9.19. The largest absolute Gasteiger partial charge is 0.351 e. The number of hydrogen-bond donors (Lipinski definition) is 1. The van der Waals surface area contributed by atoms with E-state index in [1.54, 1.807) is 0 Å². The number of amides is 1. The van der Waals surface area contributed by atoms with Crippen LogP contribution in [-0.4, -0.2) is 37.0 Å². The lowest BCUT2D eigenvalue weighted by atomic mass is 10.4. The second-order valence-corrected chi connectivity index (χ2v) is 2.52. The highest BCUT2D eigenvalue weighted by atomic mass is 35.5. The monoisotopic (exact) mass is 206 g/mol. The summed E-state index contributed by atoms with van der Waals surface area (Å²) in [5.41, 5.74) is 0. The maximum atomic E-state index is 10.7. The Morgan fingerprint density at radius 2 is 2.00 bits per heavy atom. The third-order valence-electron chi connectivity index (χ3n) is 1.81. The molecule has 0 aliphatic carbocycles. The SMILES string of the molecule is C=CC(=O)NCCN(CC)CC.Cl. The number of hydrogen-bond acceptors (Lipinski definition) is 2. The Labute approximate surface area is 86.6 Å². The first kappa shape index (κ1) is 15.0. The summed E-state index contributed by atoms with van der Waals surface area (Å²) in [6, 6.07) is 0. The number of carbonyl (C=O) groups excluding carboxylic acids is 1. The van der Waals surface area contributed by atoms with Gasteiger partial charge in [-0.25, -0.2) is 0 Å². The third-order valence-corrected chi connectivity index (χ3v) is 1.81. The molecule has 0 aromatic carbocycles. The lowest BCUT2D eigenvalue weighted by Crippen LogP contribution is -2.33. The molecule has 13 heavy (non-hydrogen) atoms. The number of nitrogens with zero attached hydrogens (tertiary/aromatic N) is 1. The third kappa shape index (κ3) is 7.81. The van der Waals surface area contributed by atoms with Gasteiger partial charge in [0.2, 0.25) is 5.91 Å². The van der Waals surface area contributed by atoms with Crippen LogP contribution in [0.25, 0.3) is 0 Å². The van der Waals surface area contributed by atoms with Crippen LogP contribution in [0, 0.1) is 0 Å². The molecule has 0 rings (SSSR count). The van der Waals surface area contributed by atoms with Gasteiger partial charge in [-0.2, -0.15) is 0 Å². The minimum Gasteiger partial charge on any atom is -0.351 e. The van der Waals surface area contributed by atoms with Crippen molar-refractivity contribution in [1.82, 2.24) is 10.2 Å². The highest BCUT2D eigenvalue weighted by Gasteiger charge is 1.98. The molecule has 0 bridgehead atoms. The average molecular weight is 207 g/mol. The van der Waals surface area contributed by atoms with Crippen LogP contribution in [0.4, 0.5) is 0 Å². The van der Waals surface area contributed by atoms with Crippen molar-refractivity contribution in [1.29, 1.82) is 0 Å². The molecular formula is C9H19ClN2O. The molecule has 0 atom stereocenters. The molecule has 0 heterocycles. The van der Waals surface area contributed by atoms with E-state index >= 15 is 0 Å². The van der Waals surface area contributed by atoms with Crippen molar-refractivity contribution in [2.75, 3.05) is 26.2 Å². The van der Waals surface area contributed by atoms with Gasteiger partial charge in [-0.05, 0) is 19.2 Å². The first-order chi connectivity index (χ1) is 5.74. The minimum absolute atomic E-state index is 0. The quantitative estimate of drug-likeness (QED) is 0.659. The number of likely N-dealkylation sites (N-methyl/N-ethyl adjacent to an activating group) is 1. The van der Waals surface area contributed by atoms with E-state index in [2.05, 4.69) is 30.6 Å². The maximum absolute atomic E-state index is 10.7. The molecule has 1 N–H and O–H groups in total. The Kier molecular flexibility index (Phi) is 11.0. The van der Waals surface area contributed by atoms with E-state index < -0.39 is 0 Å². The molecule has 0 fully saturated rings. The van der Waals surface area contributed by atoms with Crippen LogP contribution in [0.5, 0.6) is 0 Å². The van der Waals surface area contributed by atoms with E-state index in [0.29, 0.717) is 6.54 Å². The fourth-order valence-electron chi connectivity index (χ4n) is 0.949. The fourth-order valence-corrected chi connectivity index (χ4v) is 0.949. The van der Waals surface area contributed by atoms with E-state index in [4.69, 9.17) is 0 Å². The van der Waals surface area contributed by atoms with Gasteiger partial charge in [-0.1, -0.05) is 20.4 Å². The van der Waals surface area contributed by atoms with E-state index in [1.165, 1.54) is 6.08 Å². The maximum Gasteiger partial charge on any atom is 0.243 e. The van der Waals surface area contributed by atoms with Gasteiger partial charge in [-0.15, -0.1) is 12.4 Å². The van der Waals surface area contributed by atoms with Crippen LogP contribution in [0.2, 0.25) is 0 Å². The first-order valence-electron chi connectivity index (χ1n) is 4.37. The molecule has 78 valence electrons. The zero-order chi connectivity index (χ0) is 9.40. The average Bonchev–Trinajstić information content (AvgIpc) is 2.12. The van der Waals surface area contributed by atoms with Gasteiger partial charge in [0.15, 0.2) is 0 Å². The summed E-state index contributed by atoms with van der Waals surface area (Å²) in [4.78, 5) is 13.0. The molecule has 0 aromatic rings. The number of carbonyl (C=O) groups is 1. The molecular weight excluding hydrogens is 188 g/mol. The standard InChI is InChI=1S/C9H18N2O.ClH/c1-4-9(12)10-7-8-11(5-2)6-3;/h4H,1,5-8H2,2-3H3,(H,10,12);1H. The number of rotatable bonds is 6. The van der Waals surface area contributed by atoms with Gasteiger partial charge in [0.25, 0.3) is 0 Å². The van der Waals surface area contributed by atoms with Crippen LogP contribution >= 0.6 is 12.4 Å². The highest BCUT2D eigenvalue weighted by molar-refractivity contribution is 5.86. The lowest BCUT2D eigenvalue weighted by Gasteiger charge is -2.17. The summed E-state index contributed by atoms with van der Waals surface area (Å²) < 4.78 is 0. The fraction of sp³-hybridized carbons (Fsp3) is 0.667. The van der Waals surface area contributed by atoms with Crippen molar-refractivity contribution in [2.24, 2.45) is 0 Å². The van der Waals surface area contributed by atoms with Crippen LogP contribution in [-0.2, 0) is 4.79 Å². The normalized spacial score (nSPS) is 9.15. The molecule has 3 nitrogen and oxygen atoms in total. The Bertz CT molecular complexity index is 147. The van der Waals surface area contributed by atoms with E-state index in [0.717, 1.165) is 19.6 Å². The molecule has 1 amide bonds. The van der Waals surface area contributed by atoms with E-state index in [1.807, 2.05) is 0 Å². The molecule has 0 unspecified atom stereocenters. The number of halogens is 1. The van der Waals surface area contributed by atoms with Crippen molar-refractivity contribution in [3.05, 3.63) is 12.7 Å². The summed E-state index contributed by atoms with van der Waals surface area (Å²) in [7, 11) is 0. The van der Waals surface area contributed by atoms with Crippen molar-refractivity contribution in [3.8, 4) is 0 Å². The smallest absolute Gasteiger partial charge is 0.243 e. The highest BCUT2D eigenvalue weighted by Crippen LogP contribution is 1.83. The molecule has 0 spiro atoms. The Morgan fingerprint density at radius 3 is 2.38 bits per heavy atom. The van der Waals surface area contributed by atoms with Gasteiger partial charge in [-0.3, -0.25) is 4.79 Å². The van der Waals surface area contributed by atoms with Gasteiger partial charge < -0.3 is 10.2 Å². The summed E-state index contributed by atoms with van der Waals surface area (Å²) in [6.45, 7) is 11.3. The van der Waals surface area contributed by atoms with Crippen LogP contribution < -0.4 is 5.32 Å². The second kappa shape index (κ2) is 9.55. The predicted octanol–water partition coefficient (Wildman–Crippen LogP) is 1.05. The molecule has 0 aromatic heterocycles. The first-order valence-corrected chi connectivity index (χ1v) is 4.37. The summed E-state index contributed by atoms with van der Waals surface area (Å²) in [5.74, 6) is -0.0952. The Hall–Kier alpha value is -0.540. The van der Waals surface area contributed by atoms with Crippen LogP contribution in [0.3, 0.4) is 0 Å². The molecule has 0 saturated carbocycles. The molecule has 4 heteroatoms. The van der Waals surface area contributed by atoms with Gasteiger partial charge >= 0.3 is 0 Å². The molecule has 0 aliphatic rings. The van der Waals surface area contributed by atoms with Crippen molar-refractivity contribution in [2.45, 2.75) is 13.8 Å². The molecule has 0 saturated heterocycles. The van der Waals surface area contributed by atoms with Crippen LogP contribution in [0.15, 0.2) is 12.7 Å². The van der Waals surface area contributed by atoms with Crippen molar-refractivity contribution >= 4 is 18.3 Å². The molecule has 0 aliphatic heterocycles. The summed E-state index contributed by atoms with van der Waals surface area (Å²) in [6.07, 6.45) is 1.29. The Morgan fingerprint density at radius 1 is 1.46 bits per heavy atom. The zero-order valence-electron chi connectivity index (χ0n) is 8.38. The second-order valence-electron chi connectivity index (χ2n) is 2.52. The van der Waals surface area contributed by atoms with Gasteiger partial charge in [0.05, 0.1) is 0 Å². The summed E-state index contributed by atoms with van der Waals surface area (Å²) >= 11 is 0.